The summed E-state index contributed by atoms with van der Waals surface area (Å²) in [4.78, 5) is 23.1. The zero-order valence-corrected chi connectivity index (χ0v) is 13.8. The van der Waals surface area contributed by atoms with Crippen molar-refractivity contribution in [3.63, 3.8) is 0 Å². The van der Waals surface area contributed by atoms with Crippen LogP contribution in [0, 0.1) is 0 Å². The summed E-state index contributed by atoms with van der Waals surface area (Å²) >= 11 is 0. The monoisotopic (exact) mass is 327 g/mol. The van der Waals surface area contributed by atoms with E-state index in [1.54, 1.807) is 37.7 Å². The van der Waals surface area contributed by atoms with Gasteiger partial charge in [0, 0.05) is 37.1 Å². The van der Waals surface area contributed by atoms with Gasteiger partial charge in [0.15, 0.2) is 0 Å². The maximum Gasteiger partial charge on any atom is 0.342 e. The van der Waals surface area contributed by atoms with Gasteiger partial charge in [-0.05, 0) is 37.5 Å². The molecule has 1 fully saturated rings. The van der Waals surface area contributed by atoms with E-state index >= 15 is 0 Å². The smallest absolute Gasteiger partial charge is 0.342 e. The van der Waals surface area contributed by atoms with Gasteiger partial charge < -0.3 is 14.4 Å². The second-order valence-corrected chi connectivity index (χ2v) is 5.71. The van der Waals surface area contributed by atoms with Gasteiger partial charge in [0.1, 0.15) is 18.0 Å². The van der Waals surface area contributed by atoms with E-state index in [9.17, 15) is 4.79 Å². The largest absolute Gasteiger partial charge is 0.481 e. The number of anilines is 1. The summed E-state index contributed by atoms with van der Waals surface area (Å²) in [6, 6.07) is 7.10. The highest BCUT2D eigenvalue weighted by atomic mass is 16.5. The van der Waals surface area contributed by atoms with Gasteiger partial charge in [-0.3, -0.25) is 0 Å². The highest BCUT2D eigenvalue weighted by Gasteiger charge is 2.20. The molecule has 0 N–H and O–H groups in total. The molecule has 1 aliphatic rings. The van der Waals surface area contributed by atoms with Crippen LogP contribution >= 0.6 is 0 Å². The molecular weight excluding hydrogens is 306 g/mol. The topological polar surface area (TPSA) is 64.6 Å². The zero-order chi connectivity index (χ0) is 16.8. The molecule has 1 aliphatic heterocycles. The summed E-state index contributed by atoms with van der Waals surface area (Å²) in [5, 5.41) is 0. The van der Waals surface area contributed by atoms with E-state index in [0.717, 1.165) is 37.3 Å². The van der Waals surface area contributed by atoms with E-state index in [4.69, 9.17) is 9.47 Å². The summed E-state index contributed by atoms with van der Waals surface area (Å²) in [5.41, 5.74) is 1.33. The number of aromatic nitrogens is 2. The van der Waals surface area contributed by atoms with Crippen molar-refractivity contribution in [2.45, 2.75) is 25.9 Å². The van der Waals surface area contributed by atoms with Gasteiger partial charge in [-0.2, -0.15) is 0 Å². The number of piperidine rings is 1. The van der Waals surface area contributed by atoms with Crippen LogP contribution in [0.3, 0.4) is 0 Å². The minimum absolute atomic E-state index is 0.171. The second kappa shape index (κ2) is 7.77. The van der Waals surface area contributed by atoms with Crippen molar-refractivity contribution < 1.29 is 14.3 Å². The molecule has 6 nitrogen and oxygen atoms in total. The van der Waals surface area contributed by atoms with Crippen LogP contribution in [0.25, 0.3) is 0 Å². The molecule has 0 aliphatic carbocycles. The molecule has 0 spiro atoms. The number of nitrogens with zero attached hydrogens (tertiary/aromatic N) is 3. The maximum atomic E-state index is 12.5. The quantitative estimate of drug-likeness (QED) is 0.787. The van der Waals surface area contributed by atoms with Crippen molar-refractivity contribution in [3.05, 3.63) is 47.8 Å². The maximum absolute atomic E-state index is 12.5. The first-order valence-corrected chi connectivity index (χ1v) is 8.14. The molecule has 0 atom stereocenters. The standard InChI is InChI=1S/C18H21N3O3/c1-23-16-8-7-14(12-20-16)13-24-18(22)15-6-5-9-19-17(15)21-10-3-2-4-11-21/h5-9,12H,2-4,10-11,13H2,1H3. The van der Waals surface area contributed by atoms with E-state index in [1.807, 2.05) is 6.07 Å². The van der Waals surface area contributed by atoms with Gasteiger partial charge in [0.2, 0.25) is 5.88 Å². The molecule has 3 rings (SSSR count). The summed E-state index contributed by atoms with van der Waals surface area (Å²) < 4.78 is 10.4. The number of hydrogen-bond donors (Lipinski definition) is 0. The van der Waals surface area contributed by atoms with Crippen molar-refractivity contribution in [2.24, 2.45) is 0 Å². The third-order valence-electron chi connectivity index (χ3n) is 4.04. The minimum atomic E-state index is -0.362. The van der Waals surface area contributed by atoms with Gasteiger partial charge in [0.25, 0.3) is 0 Å². The molecule has 0 radical (unpaired) electrons. The molecule has 24 heavy (non-hydrogen) atoms. The average Bonchev–Trinajstić information content (AvgIpc) is 2.67. The summed E-state index contributed by atoms with van der Waals surface area (Å²) in [6.45, 7) is 2.03. The van der Waals surface area contributed by atoms with Crippen molar-refractivity contribution in [1.82, 2.24) is 9.97 Å². The predicted octanol–water partition coefficient (Wildman–Crippen LogP) is 2.83. The molecule has 1 saturated heterocycles. The van der Waals surface area contributed by atoms with E-state index in [-0.39, 0.29) is 12.6 Å². The van der Waals surface area contributed by atoms with Crippen LogP contribution in [0.4, 0.5) is 5.82 Å². The summed E-state index contributed by atoms with van der Waals surface area (Å²) in [7, 11) is 1.56. The van der Waals surface area contributed by atoms with Crippen molar-refractivity contribution in [2.75, 3.05) is 25.1 Å². The van der Waals surface area contributed by atoms with Crippen LogP contribution in [0.5, 0.6) is 5.88 Å². The zero-order valence-electron chi connectivity index (χ0n) is 13.8. The lowest BCUT2D eigenvalue weighted by Gasteiger charge is -2.28. The third kappa shape index (κ3) is 3.82. The van der Waals surface area contributed by atoms with E-state index in [2.05, 4.69) is 14.9 Å². The number of esters is 1. The van der Waals surface area contributed by atoms with Gasteiger partial charge in [-0.15, -0.1) is 0 Å². The van der Waals surface area contributed by atoms with E-state index < -0.39 is 0 Å². The Bertz CT molecular complexity index is 682. The molecule has 126 valence electrons. The Kier molecular flexibility index (Phi) is 5.25. The normalized spacial score (nSPS) is 14.3. The molecule has 0 aromatic carbocycles. The van der Waals surface area contributed by atoms with Crippen molar-refractivity contribution >= 4 is 11.8 Å². The van der Waals surface area contributed by atoms with Crippen LogP contribution < -0.4 is 9.64 Å². The van der Waals surface area contributed by atoms with Gasteiger partial charge in [0.05, 0.1) is 7.11 Å². The Hall–Kier alpha value is -2.63. The molecule has 0 saturated carbocycles. The number of pyridine rings is 2. The molecular formula is C18H21N3O3. The Morgan fingerprint density at radius 2 is 2.00 bits per heavy atom. The molecule has 0 bridgehead atoms. The first kappa shape index (κ1) is 16.2. The van der Waals surface area contributed by atoms with Crippen molar-refractivity contribution in [3.8, 4) is 5.88 Å². The van der Waals surface area contributed by atoms with Crippen LogP contribution in [0.2, 0.25) is 0 Å². The molecule has 0 amide bonds. The molecule has 3 heterocycles. The lowest BCUT2D eigenvalue weighted by atomic mass is 10.1. The van der Waals surface area contributed by atoms with Crippen LogP contribution in [0.15, 0.2) is 36.7 Å². The number of methoxy groups -OCH3 is 1. The van der Waals surface area contributed by atoms with Gasteiger partial charge >= 0.3 is 5.97 Å². The first-order chi connectivity index (χ1) is 11.8. The lowest BCUT2D eigenvalue weighted by Crippen LogP contribution is -2.31. The summed E-state index contributed by atoms with van der Waals surface area (Å²) in [5.74, 6) is 0.888. The Morgan fingerprint density at radius 3 is 2.71 bits per heavy atom. The number of ether oxygens (including phenoxy) is 2. The number of rotatable bonds is 5. The second-order valence-electron chi connectivity index (χ2n) is 5.71. The van der Waals surface area contributed by atoms with Gasteiger partial charge in [-0.25, -0.2) is 14.8 Å². The Morgan fingerprint density at radius 1 is 1.17 bits per heavy atom. The average molecular weight is 327 g/mol. The number of carbonyl (C=O) groups excluding carboxylic acids is 1. The minimum Gasteiger partial charge on any atom is -0.481 e. The first-order valence-electron chi connectivity index (χ1n) is 8.14. The van der Waals surface area contributed by atoms with Gasteiger partial charge in [-0.1, -0.05) is 0 Å². The Labute approximate surface area is 141 Å². The molecule has 2 aromatic rings. The number of hydrogen-bond acceptors (Lipinski definition) is 6. The fourth-order valence-electron chi connectivity index (χ4n) is 2.76. The highest BCUT2D eigenvalue weighted by Crippen LogP contribution is 2.22. The molecule has 2 aromatic heterocycles. The van der Waals surface area contributed by atoms with Crippen LogP contribution in [-0.2, 0) is 11.3 Å². The van der Waals surface area contributed by atoms with Crippen molar-refractivity contribution in [1.29, 1.82) is 0 Å². The molecule has 0 unspecified atom stereocenters. The Balaban J connectivity index is 1.68. The van der Waals surface area contributed by atoms with Crippen LogP contribution in [0.1, 0.15) is 35.2 Å². The van der Waals surface area contributed by atoms with E-state index in [1.165, 1.54) is 6.42 Å². The third-order valence-corrected chi connectivity index (χ3v) is 4.04. The fraction of sp³-hybridized carbons (Fsp3) is 0.389. The molecule has 6 heteroatoms. The lowest BCUT2D eigenvalue weighted by molar-refractivity contribution is 0.0472. The number of carbonyl (C=O) groups is 1. The fourth-order valence-corrected chi connectivity index (χ4v) is 2.76. The highest BCUT2D eigenvalue weighted by molar-refractivity contribution is 5.94. The summed E-state index contributed by atoms with van der Waals surface area (Å²) in [6.07, 6.45) is 6.84. The van der Waals surface area contributed by atoms with E-state index in [0.29, 0.717) is 11.4 Å². The van der Waals surface area contributed by atoms with Crippen LogP contribution in [-0.4, -0.2) is 36.1 Å². The predicted molar refractivity (Wildman–Crippen MR) is 90.2 cm³/mol. The SMILES string of the molecule is COc1ccc(COC(=O)c2cccnc2N2CCCCC2)cn1.